The average Bonchev–Trinajstić information content (AvgIpc) is 2.86. The van der Waals surface area contributed by atoms with Gasteiger partial charge in [0.1, 0.15) is 5.75 Å². The molecule has 0 spiro atoms. The van der Waals surface area contributed by atoms with Crippen LogP contribution in [-0.4, -0.2) is 12.9 Å². The molecule has 0 N–H and O–H groups in total. The molecule has 1 aliphatic heterocycles. The first kappa shape index (κ1) is 11.3. The number of fused-ring (bicyclic) bond motifs is 1. The lowest BCUT2D eigenvalue weighted by Gasteiger charge is -2.06. The number of carbonyl (C=O) groups excluding carboxylic acids is 1. The number of hydrogen-bond donors (Lipinski definition) is 0. The van der Waals surface area contributed by atoms with Crippen LogP contribution in [0.2, 0.25) is 5.02 Å². The fourth-order valence-electron chi connectivity index (χ4n) is 2.18. The van der Waals surface area contributed by atoms with Gasteiger partial charge in [0.2, 0.25) is 0 Å². The Bertz CT molecular complexity index is 620. The fraction of sp³-hybridized carbons (Fsp3) is 0.133. The maximum Gasteiger partial charge on any atom is 0.151 e. The Morgan fingerprint density at radius 3 is 2.72 bits per heavy atom. The predicted octanol–water partition coefficient (Wildman–Crippen LogP) is 3.75. The maximum absolute atomic E-state index is 10.9. The Kier molecular flexibility index (Phi) is 2.80. The lowest BCUT2D eigenvalue weighted by atomic mass is 10.0. The summed E-state index contributed by atoms with van der Waals surface area (Å²) in [5, 5.41) is 0.484. The van der Waals surface area contributed by atoms with Crippen LogP contribution < -0.4 is 4.74 Å². The summed E-state index contributed by atoms with van der Waals surface area (Å²) >= 11 is 5.93. The van der Waals surface area contributed by atoms with Crippen molar-refractivity contribution in [3.8, 4) is 16.9 Å². The number of carbonyl (C=O) groups is 1. The predicted molar refractivity (Wildman–Crippen MR) is 71.5 cm³/mol. The van der Waals surface area contributed by atoms with Gasteiger partial charge < -0.3 is 4.74 Å². The molecule has 0 aromatic heterocycles. The van der Waals surface area contributed by atoms with Crippen molar-refractivity contribution in [3.63, 3.8) is 0 Å². The zero-order valence-electron chi connectivity index (χ0n) is 9.65. The van der Waals surface area contributed by atoms with Gasteiger partial charge in [-0.1, -0.05) is 23.7 Å². The largest absolute Gasteiger partial charge is 0.493 e. The van der Waals surface area contributed by atoms with Crippen LogP contribution in [0.3, 0.4) is 0 Å². The molecule has 2 nitrogen and oxygen atoms in total. The molecule has 0 amide bonds. The standard InChI is InChI=1S/C15H11ClO2/c16-14-3-1-10(8-13(14)9-17)11-2-4-15-12(7-11)5-6-18-15/h1-4,7-9H,5-6H2. The molecular weight excluding hydrogens is 248 g/mol. The topological polar surface area (TPSA) is 26.3 Å². The van der Waals surface area contributed by atoms with Crippen LogP contribution >= 0.6 is 11.6 Å². The van der Waals surface area contributed by atoms with Crippen LogP contribution in [0.25, 0.3) is 11.1 Å². The Hall–Kier alpha value is -1.80. The molecule has 0 radical (unpaired) electrons. The Labute approximate surface area is 110 Å². The van der Waals surface area contributed by atoms with Gasteiger partial charge in [-0.3, -0.25) is 4.79 Å². The van der Waals surface area contributed by atoms with Crippen LogP contribution in [0, 0.1) is 0 Å². The van der Waals surface area contributed by atoms with E-state index in [1.807, 2.05) is 24.3 Å². The summed E-state index contributed by atoms with van der Waals surface area (Å²) in [4.78, 5) is 10.9. The van der Waals surface area contributed by atoms with Crippen LogP contribution in [0.15, 0.2) is 36.4 Å². The highest BCUT2D eigenvalue weighted by Crippen LogP contribution is 2.31. The minimum absolute atomic E-state index is 0.484. The molecule has 0 fully saturated rings. The Morgan fingerprint density at radius 2 is 1.89 bits per heavy atom. The third-order valence-corrected chi connectivity index (χ3v) is 3.49. The smallest absolute Gasteiger partial charge is 0.151 e. The van der Waals surface area contributed by atoms with E-state index in [1.165, 1.54) is 5.56 Å². The number of hydrogen-bond acceptors (Lipinski definition) is 2. The van der Waals surface area contributed by atoms with Gasteiger partial charge in [-0.05, 0) is 41.0 Å². The third kappa shape index (κ3) is 1.89. The van der Waals surface area contributed by atoms with Gasteiger partial charge in [0, 0.05) is 12.0 Å². The van der Waals surface area contributed by atoms with Crippen LogP contribution in [0.5, 0.6) is 5.75 Å². The molecule has 3 rings (SSSR count). The SMILES string of the molecule is O=Cc1cc(-c2ccc3c(c2)CCO3)ccc1Cl. The molecule has 0 aliphatic carbocycles. The molecule has 0 saturated heterocycles. The van der Waals surface area contributed by atoms with Crippen molar-refractivity contribution in [3.05, 3.63) is 52.5 Å². The number of rotatable bonds is 2. The molecule has 3 heteroatoms. The second-order valence-electron chi connectivity index (χ2n) is 4.28. The first-order chi connectivity index (χ1) is 8.78. The van der Waals surface area contributed by atoms with Gasteiger partial charge in [0.05, 0.1) is 11.6 Å². The van der Waals surface area contributed by atoms with E-state index in [0.29, 0.717) is 10.6 Å². The highest BCUT2D eigenvalue weighted by Gasteiger charge is 2.13. The lowest BCUT2D eigenvalue weighted by molar-refractivity contribution is 0.112. The number of aldehydes is 1. The minimum Gasteiger partial charge on any atom is -0.493 e. The summed E-state index contributed by atoms with van der Waals surface area (Å²) < 4.78 is 5.48. The highest BCUT2D eigenvalue weighted by molar-refractivity contribution is 6.33. The third-order valence-electron chi connectivity index (χ3n) is 3.15. The van der Waals surface area contributed by atoms with E-state index < -0.39 is 0 Å². The number of ether oxygens (including phenoxy) is 1. The summed E-state index contributed by atoms with van der Waals surface area (Å²) in [6.07, 6.45) is 1.72. The molecule has 1 heterocycles. The van der Waals surface area contributed by atoms with Crippen molar-refractivity contribution in [2.75, 3.05) is 6.61 Å². The molecule has 0 atom stereocenters. The van der Waals surface area contributed by atoms with E-state index in [4.69, 9.17) is 16.3 Å². The summed E-state index contributed by atoms with van der Waals surface area (Å²) in [5.41, 5.74) is 3.82. The Morgan fingerprint density at radius 1 is 1.11 bits per heavy atom. The second kappa shape index (κ2) is 4.46. The van der Waals surface area contributed by atoms with E-state index in [9.17, 15) is 4.79 Å². The number of benzene rings is 2. The molecule has 0 saturated carbocycles. The molecule has 0 bridgehead atoms. The minimum atomic E-state index is 0.484. The van der Waals surface area contributed by atoms with Gasteiger partial charge in [-0.2, -0.15) is 0 Å². The van der Waals surface area contributed by atoms with Gasteiger partial charge in [0.15, 0.2) is 6.29 Å². The van der Waals surface area contributed by atoms with Gasteiger partial charge in [0.25, 0.3) is 0 Å². The first-order valence-corrected chi connectivity index (χ1v) is 6.16. The monoisotopic (exact) mass is 258 g/mol. The molecule has 1 aliphatic rings. The van der Waals surface area contributed by atoms with Crippen molar-refractivity contribution >= 4 is 17.9 Å². The van der Waals surface area contributed by atoms with Gasteiger partial charge in [-0.15, -0.1) is 0 Å². The van der Waals surface area contributed by atoms with E-state index in [0.717, 1.165) is 36.2 Å². The van der Waals surface area contributed by atoms with Gasteiger partial charge >= 0.3 is 0 Å². The first-order valence-electron chi connectivity index (χ1n) is 5.79. The lowest BCUT2D eigenvalue weighted by Crippen LogP contribution is -1.86. The highest BCUT2D eigenvalue weighted by atomic mass is 35.5. The molecule has 0 unspecified atom stereocenters. The zero-order valence-corrected chi connectivity index (χ0v) is 10.4. The van der Waals surface area contributed by atoms with Crippen molar-refractivity contribution in [2.45, 2.75) is 6.42 Å². The molecule has 90 valence electrons. The summed E-state index contributed by atoms with van der Waals surface area (Å²) in [6.45, 7) is 0.749. The number of halogens is 1. The van der Waals surface area contributed by atoms with E-state index >= 15 is 0 Å². The normalized spacial score (nSPS) is 12.9. The van der Waals surface area contributed by atoms with Crippen molar-refractivity contribution in [1.82, 2.24) is 0 Å². The zero-order chi connectivity index (χ0) is 12.5. The Balaban J connectivity index is 2.07. The van der Waals surface area contributed by atoms with E-state index in [-0.39, 0.29) is 0 Å². The molecular formula is C15H11ClO2. The van der Waals surface area contributed by atoms with E-state index in [2.05, 4.69) is 6.07 Å². The van der Waals surface area contributed by atoms with Gasteiger partial charge in [-0.25, -0.2) is 0 Å². The quantitative estimate of drug-likeness (QED) is 0.767. The van der Waals surface area contributed by atoms with Crippen LogP contribution in [0.1, 0.15) is 15.9 Å². The summed E-state index contributed by atoms with van der Waals surface area (Å²) in [7, 11) is 0. The summed E-state index contributed by atoms with van der Waals surface area (Å²) in [6, 6.07) is 11.6. The maximum atomic E-state index is 10.9. The van der Waals surface area contributed by atoms with E-state index in [1.54, 1.807) is 6.07 Å². The fourth-order valence-corrected chi connectivity index (χ4v) is 2.34. The average molecular weight is 259 g/mol. The molecule has 2 aromatic rings. The van der Waals surface area contributed by atoms with Crippen molar-refractivity contribution in [2.24, 2.45) is 0 Å². The van der Waals surface area contributed by atoms with Crippen LogP contribution in [-0.2, 0) is 6.42 Å². The molecule has 18 heavy (non-hydrogen) atoms. The van der Waals surface area contributed by atoms with Crippen LogP contribution in [0.4, 0.5) is 0 Å². The van der Waals surface area contributed by atoms with Crippen molar-refractivity contribution in [1.29, 1.82) is 0 Å². The second-order valence-corrected chi connectivity index (χ2v) is 4.68. The summed E-state index contributed by atoms with van der Waals surface area (Å²) in [5.74, 6) is 0.961. The van der Waals surface area contributed by atoms with Crippen molar-refractivity contribution < 1.29 is 9.53 Å². The molecule has 2 aromatic carbocycles.